The van der Waals surface area contributed by atoms with Crippen LogP contribution in [0.3, 0.4) is 0 Å². The number of aryl methyl sites for hydroxylation is 1. The van der Waals surface area contributed by atoms with Crippen molar-refractivity contribution in [2.24, 2.45) is 5.14 Å². The molecule has 8 nitrogen and oxygen atoms in total. The molecule has 9 heteroatoms. The normalized spacial score (nSPS) is 11.4. The highest BCUT2D eigenvalue weighted by molar-refractivity contribution is 7.89. The first kappa shape index (κ1) is 17.9. The summed E-state index contributed by atoms with van der Waals surface area (Å²) >= 11 is 0. The van der Waals surface area contributed by atoms with Crippen LogP contribution in [0.15, 0.2) is 47.4 Å². The number of hydrogen-bond acceptors (Lipinski definition) is 6. The number of nitrogens with two attached hydrogens (primary N) is 1. The molecule has 0 atom stereocenters. The number of methoxy groups -OCH3 is 2. The average Bonchev–Trinajstić information content (AvgIpc) is 3.02. The smallest absolute Gasteiger partial charge is 0.238 e. The number of nitrogens with zero attached hydrogens (tertiary/aromatic N) is 3. The Balaban J connectivity index is 2.09. The molecule has 0 aliphatic carbocycles. The third-order valence-electron chi connectivity index (χ3n) is 3.76. The molecule has 1 aromatic heterocycles. The van der Waals surface area contributed by atoms with E-state index in [-0.39, 0.29) is 4.90 Å². The molecular weight excluding hydrogens is 356 g/mol. The van der Waals surface area contributed by atoms with Crippen LogP contribution in [0.5, 0.6) is 11.5 Å². The molecule has 0 aliphatic rings. The van der Waals surface area contributed by atoms with Gasteiger partial charge < -0.3 is 9.47 Å². The van der Waals surface area contributed by atoms with Gasteiger partial charge in [0.2, 0.25) is 10.0 Å². The SMILES string of the molecule is COc1ccc(-c2nc(C)nn2-c2ccc(S(N)(=O)=O)cc2)cc1OC. The average molecular weight is 374 g/mol. The van der Waals surface area contributed by atoms with E-state index >= 15 is 0 Å². The molecular formula is C17H18N4O4S. The highest BCUT2D eigenvalue weighted by Crippen LogP contribution is 2.32. The predicted molar refractivity (Wildman–Crippen MR) is 96.0 cm³/mol. The standard InChI is InChI=1S/C17H18N4O4S/c1-11-19-17(12-4-9-15(24-2)16(10-12)25-3)21(20-11)13-5-7-14(8-6-13)26(18,22)23/h4-10H,1-3H3,(H2,18,22,23). The van der Waals surface area contributed by atoms with E-state index in [1.807, 2.05) is 6.07 Å². The summed E-state index contributed by atoms with van der Waals surface area (Å²) in [4.78, 5) is 4.50. The maximum atomic E-state index is 11.4. The van der Waals surface area contributed by atoms with Crippen LogP contribution in [0.1, 0.15) is 5.82 Å². The van der Waals surface area contributed by atoms with Crippen molar-refractivity contribution in [1.29, 1.82) is 0 Å². The van der Waals surface area contributed by atoms with Gasteiger partial charge in [0.05, 0.1) is 24.8 Å². The lowest BCUT2D eigenvalue weighted by molar-refractivity contribution is 0.355. The number of ether oxygens (including phenoxy) is 2. The molecule has 0 aliphatic heterocycles. The highest BCUT2D eigenvalue weighted by atomic mass is 32.2. The summed E-state index contributed by atoms with van der Waals surface area (Å²) in [5.41, 5.74) is 1.43. The van der Waals surface area contributed by atoms with Crippen molar-refractivity contribution in [1.82, 2.24) is 14.8 Å². The number of rotatable bonds is 5. The zero-order valence-corrected chi connectivity index (χ0v) is 15.3. The number of aromatic nitrogens is 3. The number of hydrogen-bond donors (Lipinski definition) is 1. The van der Waals surface area contributed by atoms with E-state index in [4.69, 9.17) is 14.6 Å². The largest absolute Gasteiger partial charge is 0.493 e. The monoisotopic (exact) mass is 374 g/mol. The molecule has 0 unspecified atom stereocenters. The molecule has 3 aromatic rings. The van der Waals surface area contributed by atoms with Crippen molar-refractivity contribution >= 4 is 10.0 Å². The number of sulfonamides is 1. The van der Waals surface area contributed by atoms with Gasteiger partial charge in [-0.2, -0.15) is 5.10 Å². The molecule has 0 fully saturated rings. The Labute approximate surface area is 151 Å². The zero-order chi connectivity index (χ0) is 18.9. The molecule has 26 heavy (non-hydrogen) atoms. The Morgan fingerprint density at radius 2 is 1.65 bits per heavy atom. The summed E-state index contributed by atoms with van der Waals surface area (Å²) < 4.78 is 35.1. The van der Waals surface area contributed by atoms with Crippen LogP contribution >= 0.6 is 0 Å². The van der Waals surface area contributed by atoms with Crippen molar-refractivity contribution < 1.29 is 17.9 Å². The molecule has 3 rings (SSSR count). The van der Waals surface area contributed by atoms with Gasteiger partial charge in [-0.05, 0) is 49.4 Å². The van der Waals surface area contributed by atoms with Crippen LogP contribution in [0.25, 0.3) is 17.1 Å². The summed E-state index contributed by atoms with van der Waals surface area (Å²) in [6, 6.07) is 11.5. The molecule has 2 N–H and O–H groups in total. The first-order valence-electron chi connectivity index (χ1n) is 7.63. The van der Waals surface area contributed by atoms with Gasteiger partial charge in [-0.1, -0.05) is 0 Å². The van der Waals surface area contributed by atoms with E-state index in [0.717, 1.165) is 5.56 Å². The molecule has 0 saturated carbocycles. The molecule has 0 saturated heterocycles. The Bertz CT molecular complexity index is 1040. The quantitative estimate of drug-likeness (QED) is 0.730. The summed E-state index contributed by atoms with van der Waals surface area (Å²) in [7, 11) is -0.625. The Morgan fingerprint density at radius 1 is 1.00 bits per heavy atom. The highest BCUT2D eigenvalue weighted by Gasteiger charge is 2.15. The Kier molecular flexibility index (Phi) is 4.66. The first-order chi connectivity index (χ1) is 12.3. The molecule has 136 valence electrons. The van der Waals surface area contributed by atoms with Crippen molar-refractivity contribution in [2.45, 2.75) is 11.8 Å². The second-order valence-corrected chi connectivity index (χ2v) is 7.06. The third kappa shape index (κ3) is 3.39. The third-order valence-corrected chi connectivity index (χ3v) is 4.69. The van der Waals surface area contributed by atoms with Gasteiger partial charge in [-0.3, -0.25) is 0 Å². The van der Waals surface area contributed by atoms with E-state index < -0.39 is 10.0 Å². The second-order valence-electron chi connectivity index (χ2n) is 5.50. The molecule has 1 heterocycles. The van der Waals surface area contributed by atoms with Crippen LogP contribution in [0.4, 0.5) is 0 Å². The van der Waals surface area contributed by atoms with Gasteiger partial charge >= 0.3 is 0 Å². The van der Waals surface area contributed by atoms with Crippen molar-refractivity contribution in [3.8, 4) is 28.6 Å². The fraction of sp³-hybridized carbons (Fsp3) is 0.176. The van der Waals surface area contributed by atoms with Crippen LogP contribution in [-0.4, -0.2) is 37.4 Å². The maximum absolute atomic E-state index is 11.4. The van der Waals surface area contributed by atoms with Crippen LogP contribution in [0, 0.1) is 6.92 Å². The second kappa shape index (κ2) is 6.77. The van der Waals surface area contributed by atoms with Crippen LogP contribution in [-0.2, 0) is 10.0 Å². The van der Waals surface area contributed by atoms with Gasteiger partial charge in [0, 0.05) is 5.56 Å². The van der Waals surface area contributed by atoms with Crippen molar-refractivity contribution in [3.63, 3.8) is 0 Å². The lowest BCUT2D eigenvalue weighted by Gasteiger charge is -2.10. The van der Waals surface area contributed by atoms with Gasteiger partial charge in [0.15, 0.2) is 17.3 Å². The minimum atomic E-state index is -3.75. The van der Waals surface area contributed by atoms with E-state index in [2.05, 4.69) is 10.1 Å². The van der Waals surface area contributed by atoms with Gasteiger partial charge in [0.1, 0.15) is 5.82 Å². The van der Waals surface area contributed by atoms with Gasteiger partial charge in [-0.15, -0.1) is 0 Å². The van der Waals surface area contributed by atoms with Crippen molar-refractivity contribution in [2.75, 3.05) is 14.2 Å². The minimum absolute atomic E-state index is 0.0331. The topological polar surface area (TPSA) is 109 Å². The molecule has 0 radical (unpaired) electrons. The first-order valence-corrected chi connectivity index (χ1v) is 9.17. The lowest BCUT2D eigenvalue weighted by atomic mass is 10.2. The fourth-order valence-electron chi connectivity index (χ4n) is 2.53. The molecule has 0 bridgehead atoms. The van der Waals surface area contributed by atoms with Gasteiger partial charge in [-0.25, -0.2) is 23.2 Å². The van der Waals surface area contributed by atoms with E-state index in [1.54, 1.807) is 50.1 Å². The summed E-state index contributed by atoms with van der Waals surface area (Å²) in [5, 5.41) is 9.54. The van der Waals surface area contributed by atoms with Crippen LogP contribution in [0.2, 0.25) is 0 Å². The predicted octanol–water partition coefficient (Wildman–Crippen LogP) is 1.91. The summed E-state index contributed by atoms with van der Waals surface area (Å²) in [6.07, 6.45) is 0. The number of primary sulfonamides is 1. The minimum Gasteiger partial charge on any atom is -0.493 e. The van der Waals surface area contributed by atoms with Gasteiger partial charge in [0.25, 0.3) is 0 Å². The summed E-state index contributed by atoms with van der Waals surface area (Å²) in [5.74, 6) is 2.34. The molecule has 0 amide bonds. The molecule has 2 aromatic carbocycles. The lowest BCUT2D eigenvalue weighted by Crippen LogP contribution is -2.12. The van der Waals surface area contributed by atoms with E-state index in [0.29, 0.717) is 28.8 Å². The number of benzene rings is 2. The van der Waals surface area contributed by atoms with Crippen LogP contribution < -0.4 is 14.6 Å². The molecule has 0 spiro atoms. The van der Waals surface area contributed by atoms with E-state index in [9.17, 15) is 8.42 Å². The van der Waals surface area contributed by atoms with E-state index in [1.165, 1.54) is 12.1 Å². The Morgan fingerprint density at radius 3 is 2.23 bits per heavy atom. The fourth-order valence-corrected chi connectivity index (χ4v) is 3.05. The zero-order valence-electron chi connectivity index (χ0n) is 14.5. The summed E-state index contributed by atoms with van der Waals surface area (Å²) in [6.45, 7) is 1.78. The van der Waals surface area contributed by atoms with Crippen molar-refractivity contribution in [3.05, 3.63) is 48.3 Å². The maximum Gasteiger partial charge on any atom is 0.238 e. The Hall–Kier alpha value is -2.91.